The van der Waals surface area contributed by atoms with E-state index in [1.54, 1.807) is 0 Å². The third kappa shape index (κ3) is 49.2. The van der Waals surface area contributed by atoms with Gasteiger partial charge in [0, 0.05) is 12.8 Å². The first-order valence-electron chi connectivity index (χ1n) is 25.4. The summed E-state index contributed by atoms with van der Waals surface area (Å²) in [6, 6.07) is 0. The van der Waals surface area contributed by atoms with Crippen LogP contribution in [-0.4, -0.2) is 37.9 Å². The molecule has 0 aliphatic heterocycles. The van der Waals surface area contributed by atoms with Gasteiger partial charge < -0.3 is 14.2 Å². The number of esters is 2. The first kappa shape index (κ1) is 58.6. The third-order valence-corrected chi connectivity index (χ3v) is 10.3. The lowest BCUT2D eigenvalue weighted by Gasteiger charge is -2.18. The van der Waals surface area contributed by atoms with Gasteiger partial charge in [0.05, 0.1) is 13.2 Å². The molecule has 0 aliphatic rings. The zero-order valence-electron chi connectivity index (χ0n) is 40.3. The Hall–Kier alpha value is -3.44. The quantitative estimate of drug-likeness (QED) is 0.0347. The second-order valence-corrected chi connectivity index (χ2v) is 16.3. The predicted molar refractivity (Wildman–Crippen MR) is 269 cm³/mol. The lowest BCUT2D eigenvalue weighted by Crippen LogP contribution is -2.30. The Morgan fingerprint density at radius 3 is 1.23 bits per heavy atom. The maximum atomic E-state index is 12.7. The molecule has 0 rings (SSSR count). The largest absolute Gasteiger partial charge is 0.462 e. The molecular weight excluding hydrogens is 765 g/mol. The number of carbonyl (C=O) groups excluding carboxylic acids is 2. The van der Waals surface area contributed by atoms with E-state index in [1.807, 2.05) is 0 Å². The zero-order valence-corrected chi connectivity index (χ0v) is 40.3. The fourth-order valence-corrected chi connectivity index (χ4v) is 6.50. The molecule has 0 amide bonds. The average molecular weight is 859 g/mol. The summed E-state index contributed by atoms with van der Waals surface area (Å²) in [4.78, 5) is 25.3. The molecule has 5 heteroatoms. The molecule has 0 aromatic heterocycles. The summed E-state index contributed by atoms with van der Waals surface area (Å²) in [5.41, 5.74) is 0. The number of carbonyl (C=O) groups is 2. The molecule has 0 N–H and O–H groups in total. The molecule has 0 aromatic rings. The average Bonchev–Trinajstić information content (AvgIpc) is 3.27. The van der Waals surface area contributed by atoms with Crippen molar-refractivity contribution in [2.75, 3.05) is 19.8 Å². The molecular formula is C57H94O5. The molecule has 0 aliphatic carbocycles. The van der Waals surface area contributed by atoms with Crippen LogP contribution in [0.1, 0.15) is 213 Å². The van der Waals surface area contributed by atoms with Gasteiger partial charge in [-0.25, -0.2) is 0 Å². The van der Waals surface area contributed by atoms with Crippen LogP contribution in [0, 0.1) is 0 Å². The zero-order chi connectivity index (χ0) is 44.9. The molecule has 0 saturated carbocycles. The number of hydrogen-bond acceptors (Lipinski definition) is 5. The van der Waals surface area contributed by atoms with Crippen LogP contribution in [0.5, 0.6) is 0 Å². The van der Waals surface area contributed by atoms with Gasteiger partial charge in [-0.2, -0.15) is 0 Å². The van der Waals surface area contributed by atoms with Crippen LogP contribution in [0.25, 0.3) is 0 Å². The third-order valence-electron chi connectivity index (χ3n) is 10.3. The van der Waals surface area contributed by atoms with Crippen molar-refractivity contribution >= 4 is 11.9 Å². The second-order valence-electron chi connectivity index (χ2n) is 16.3. The molecule has 0 bridgehead atoms. The molecule has 0 spiro atoms. The lowest BCUT2D eigenvalue weighted by molar-refractivity contribution is -0.162. The van der Waals surface area contributed by atoms with Gasteiger partial charge in [0.25, 0.3) is 0 Å². The van der Waals surface area contributed by atoms with Crippen LogP contribution in [0.2, 0.25) is 0 Å². The summed E-state index contributed by atoms with van der Waals surface area (Å²) in [5, 5.41) is 0. The van der Waals surface area contributed by atoms with Gasteiger partial charge in [0.2, 0.25) is 0 Å². The van der Waals surface area contributed by atoms with E-state index in [0.717, 1.165) is 103 Å². The summed E-state index contributed by atoms with van der Waals surface area (Å²) in [6.45, 7) is 7.40. The summed E-state index contributed by atoms with van der Waals surface area (Å²) in [7, 11) is 0. The minimum atomic E-state index is -0.591. The maximum Gasteiger partial charge on any atom is 0.306 e. The smallest absolute Gasteiger partial charge is 0.306 e. The van der Waals surface area contributed by atoms with Crippen molar-refractivity contribution in [3.05, 3.63) is 109 Å². The molecule has 0 heterocycles. The van der Waals surface area contributed by atoms with Crippen LogP contribution >= 0.6 is 0 Å². The molecule has 0 fully saturated rings. The number of allylic oxidation sites excluding steroid dienone is 17. The van der Waals surface area contributed by atoms with E-state index in [4.69, 9.17) is 14.2 Å². The molecule has 62 heavy (non-hydrogen) atoms. The highest BCUT2D eigenvalue weighted by atomic mass is 16.6. The van der Waals surface area contributed by atoms with Crippen molar-refractivity contribution in [1.29, 1.82) is 0 Å². The fraction of sp³-hybridized carbons (Fsp3) is 0.649. The number of ether oxygens (including phenoxy) is 3. The van der Waals surface area contributed by atoms with Gasteiger partial charge in [-0.05, 0) is 109 Å². The van der Waals surface area contributed by atoms with Crippen LogP contribution in [0.15, 0.2) is 109 Å². The van der Waals surface area contributed by atoms with Gasteiger partial charge in [-0.1, -0.05) is 201 Å². The highest BCUT2D eigenvalue weighted by molar-refractivity contribution is 5.70. The van der Waals surface area contributed by atoms with E-state index in [9.17, 15) is 9.59 Å². The fourth-order valence-electron chi connectivity index (χ4n) is 6.50. The number of unbranched alkanes of at least 4 members (excludes halogenated alkanes) is 16. The SMILES string of the molecule is CC/C=C\C/C=C\C/C=C\C/C=C\C/C=C\CCOCC(COC(=O)CCCCCCCC/C=C\C/C=C\C/C=C\CCCCC)OC(=O)CCCCCCC/C=C\CCCC. The monoisotopic (exact) mass is 859 g/mol. The molecule has 1 unspecified atom stereocenters. The molecule has 5 nitrogen and oxygen atoms in total. The Bertz CT molecular complexity index is 1250. The van der Waals surface area contributed by atoms with E-state index >= 15 is 0 Å². The minimum absolute atomic E-state index is 0.0392. The Kier molecular flexibility index (Phi) is 49.0. The highest BCUT2D eigenvalue weighted by Gasteiger charge is 2.17. The van der Waals surface area contributed by atoms with Gasteiger partial charge in [0.1, 0.15) is 6.61 Å². The van der Waals surface area contributed by atoms with Crippen molar-refractivity contribution in [1.82, 2.24) is 0 Å². The van der Waals surface area contributed by atoms with Crippen molar-refractivity contribution in [2.24, 2.45) is 0 Å². The van der Waals surface area contributed by atoms with Gasteiger partial charge >= 0.3 is 11.9 Å². The predicted octanol–water partition coefficient (Wildman–Crippen LogP) is 17.2. The number of hydrogen-bond donors (Lipinski definition) is 0. The van der Waals surface area contributed by atoms with E-state index in [2.05, 4.69) is 130 Å². The van der Waals surface area contributed by atoms with Crippen LogP contribution in [-0.2, 0) is 23.8 Å². The molecule has 0 radical (unpaired) electrons. The van der Waals surface area contributed by atoms with Crippen LogP contribution in [0.3, 0.4) is 0 Å². The van der Waals surface area contributed by atoms with Crippen molar-refractivity contribution in [3.63, 3.8) is 0 Å². The minimum Gasteiger partial charge on any atom is -0.462 e. The maximum absolute atomic E-state index is 12.7. The molecule has 0 saturated heterocycles. The van der Waals surface area contributed by atoms with Crippen molar-refractivity contribution in [2.45, 2.75) is 219 Å². The van der Waals surface area contributed by atoms with E-state index in [0.29, 0.717) is 19.4 Å². The number of rotatable bonds is 45. The van der Waals surface area contributed by atoms with E-state index < -0.39 is 6.10 Å². The molecule has 0 aromatic carbocycles. The van der Waals surface area contributed by atoms with Crippen LogP contribution < -0.4 is 0 Å². The first-order valence-corrected chi connectivity index (χ1v) is 25.4. The van der Waals surface area contributed by atoms with Gasteiger partial charge in [-0.15, -0.1) is 0 Å². The lowest BCUT2D eigenvalue weighted by atomic mass is 10.1. The summed E-state index contributed by atoms with van der Waals surface area (Å²) in [5.74, 6) is -0.470. The highest BCUT2D eigenvalue weighted by Crippen LogP contribution is 2.12. The first-order chi connectivity index (χ1) is 30.6. The molecule has 1 atom stereocenters. The van der Waals surface area contributed by atoms with Gasteiger partial charge in [-0.3, -0.25) is 9.59 Å². The van der Waals surface area contributed by atoms with Crippen LogP contribution in [0.4, 0.5) is 0 Å². The Balaban J connectivity index is 4.38. The van der Waals surface area contributed by atoms with E-state index in [1.165, 1.54) is 77.0 Å². The summed E-state index contributed by atoms with van der Waals surface area (Å²) < 4.78 is 17.3. The Morgan fingerprint density at radius 2 is 0.742 bits per heavy atom. The summed E-state index contributed by atoms with van der Waals surface area (Å²) >= 11 is 0. The standard InChI is InChI=1S/C57H94O5/c1-4-7-10-13-16-19-22-24-26-28-29-30-31-33-36-38-41-44-47-50-56(58)61-54-55(62-57(59)51-48-45-42-39-35-21-18-15-12-9-6-3)53-60-52-49-46-43-40-37-34-32-27-25-23-20-17-14-11-8-5-2/h8,11,15-20,24-27,29-30,34,37,43,46,55H,4-7,9-10,12-14,21-23,28,31-33,35-36,38-42,44-45,47-54H2,1-3H3/b11-8-,18-15-,19-16-,20-17-,26-24-,27-25-,30-29-,37-34-,46-43-. The molecule has 352 valence electrons. The van der Waals surface area contributed by atoms with Crippen molar-refractivity contribution < 1.29 is 23.8 Å². The summed E-state index contributed by atoms with van der Waals surface area (Å²) in [6.07, 6.45) is 71.1. The van der Waals surface area contributed by atoms with Crippen molar-refractivity contribution in [3.8, 4) is 0 Å². The van der Waals surface area contributed by atoms with E-state index in [-0.39, 0.29) is 25.2 Å². The Morgan fingerprint density at radius 1 is 0.371 bits per heavy atom. The Labute approximate surface area is 383 Å². The normalized spacial score (nSPS) is 13.1. The van der Waals surface area contributed by atoms with Gasteiger partial charge in [0.15, 0.2) is 6.10 Å². The topological polar surface area (TPSA) is 61.8 Å². The second kappa shape index (κ2) is 51.9.